The average Bonchev–Trinajstić information content (AvgIpc) is 2.37. The van der Waals surface area contributed by atoms with Gasteiger partial charge in [-0.25, -0.2) is 4.79 Å². The number of cyclic esters (lactones) is 2. The molecule has 104 valence electrons. The van der Waals surface area contributed by atoms with E-state index in [1.807, 2.05) is 0 Å². The zero-order valence-corrected chi connectivity index (χ0v) is 11.5. The van der Waals surface area contributed by atoms with Crippen molar-refractivity contribution in [3.63, 3.8) is 0 Å². The van der Waals surface area contributed by atoms with Gasteiger partial charge in [-0.3, -0.25) is 0 Å². The first-order valence-corrected chi connectivity index (χ1v) is 7.26. The van der Waals surface area contributed by atoms with E-state index in [0.29, 0.717) is 0 Å². The molecule has 2 atom stereocenters. The highest BCUT2D eigenvalue weighted by Crippen LogP contribution is 2.21. The Labute approximate surface area is 111 Å². The second kappa shape index (κ2) is 9.01. The van der Waals surface area contributed by atoms with E-state index in [1.54, 1.807) is 6.08 Å². The summed E-state index contributed by atoms with van der Waals surface area (Å²) in [4.78, 5) is 11.2. The minimum Gasteiger partial charge on any atom is -0.431 e. The van der Waals surface area contributed by atoms with Crippen LogP contribution < -0.4 is 0 Å². The van der Waals surface area contributed by atoms with Crippen LogP contribution >= 0.6 is 0 Å². The third-order valence-electron chi connectivity index (χ3n) is 3.40. The van der Waals surface area contributed by atoms with E-state index in [2.05, 4.69) is 13.5 Å². The number of hydrogen-bond acceptors (Lipinski definition) is 3. The van der Waals surface area contributed by atoms with Crippen molar-refractivity contribution in [2.75, 3.05) is 0 Å². The first-order valence-electron chi connectivity index (χ1n) is 7.26. The molecule has 1 aliphatic rings. The zero-order chi connectivity index (χ0) is 13.2. The molecule has 1 rings (SSSR count). The van der Waals surface area contributed by atoms with Crippen LogP contribution in [0.5, 0.6) is 0 Å². The van der Waals surface area contributed by atoms with E-state index in [9.17, 15) is 4.79 Å². The van der Waals surface area contributed by atoms with Crippen molar-refractivity contribution in [1.82, 2.24) is 0 Å². The fraction of sp³-hybridized carbons (Fsp3) is 0.800. The molecule has 0 bridgehead atoms. The van der Waals surface area contributed by atoms with E-state index in [1.165, 1.54) is 38.5 Å². The molecule has 1 aliphatic heterocycles. The largest absolute Gasteiger partial charge is 0.509 e. The van der Waals surface area contributed by atoms with E-state index < -0.39 is 6.16 Å². The molecule has 3 nitrogen and oxygen atoms in total. The molecule has 0 aromatic rings. The van der Waals surface area contributed by atoms with Crippen LogP contribution in [0.3, 0.4) is 0 Å². The topological polar surface area (TPSA) is 35.5 Å². The molecule has 0 aromatic carbocycles. The molecule has 1 saturated heterocycles. The van der Waals surface area contributed by atoms with Crippen molar-refractivity contribution in [2.24, 2.45) is 0 Å². The highest BCUT2D eigenvalue weighted by atomic mass is 16.7. The predicted molar refractivity (Wildman–Crippen MR) is 72.6 cm³/mol. The Bertz CT molecular complexity index is 250. The Morgan fingerprint density at radius 1 is 1.17 bits per heavy atom. The summed E-state index contributed by atoms with van der Waals surface area (Å²) < 4.78 is 10.1. The van der Waals surface area contributed by atoms with Crippen molar-refractivity contribution in [2.45, 2.75) is 76.9 Å². The molecule has 0 amide bonds. The third kappa shape index (κ3) is 6.08. The lowest BCUT2D eigenvalue weighted by atomic mass is 10.0. The van der Waals surface area contributed by atoms with E-state index >= 15 is 0 Å². The molecule has 1 heterocycles. The van der Waals surface area contributed by atoms with Crippen LogP contribution in [0.15, 0.2) is 12.7 Å². The minimum atomic E-state index is -0.543. The lowest BCUT2D eigenvalue weighted by molar-refractivity contribution is -0.0478. The van der Waals surface area contributed by atoms with Crippen molar-refractivity contribution in [3.05, 3.63) is 12.7 Å². The molecule has 0 radical (unpaired) electrons. The van der Waals surface area contributed by atoms with Crippen LogP contribution in [0.4, 0.5) is 4.79 Å². The summed E-state index contributed by atoms with van der Waals surface area (Å²) in [5.41, 5.74) is 0. The van der Waals surface area contributed by atoms with E-state index in [-0.39, 0.29) is 12.2 Å². The second-order valence-electron chi connectivity index (χ2n) is 5.03. The van der Waals surface area contributed by atoms with Crippen LogP contribution in [0, 0.1) is 0 Å². The fourth-order valence-corrected chi connectivity index (χ4v) is 2.29. The maximum Gasteiger partial charge on any atom is 0.509 e. The van der Waals surface area contributed by atoms with E-state index in [0.717, 1.165) is 19.3 Å². The van der Waals surface area contributed by atoms with Crippen LogP contribution in [0.1, 0.15) is 64.7 Å². The van der Waals surface area contributed by atoms with E-state index in [4.69, 9.17) is 9.47 Å². The Hall–Kier alpha value is -0.990. The molecular formula is C15H26O3. The standard InChI is InChI=1S/C15H26O3/c1-3-5-6-7-8-9-10-11-14-12-13(4-2)17-15(16)18-14/h4,13-14H,2-3,5-12H2,1H3/t13-,14-/m0/s1. The SMILES string of the molecule is C=C[C@H]1C[C@H](CCCCCCCCC)OC(=O)O1. The quantitative estimate of drug-likeness (QED) is 0.342. The van der Waals surface area contributed by atoms with Crippen molar-refractivity contribution in [1.29, 1.82) is 0 Å². The Kier molecular flexibility index (Phi) is 7.54. The summed E-state index contributed by atoms with van der Waals surface area (Å²) in [5.74, 6) is 0. The van der Waals surface area contributed by atoms with Crippen molar-refractivity contribution >= 4 is 6.16 Å². The van der Waals surface area contributed by atoms with Crippen LogP contribution in [0.25, 0.3) is 0 Å². The van der Waals surface area contributed by atoms with Gasteiger partial charge in [0, 0.05) is 6.42 Å². The Morgan fingerprint density at radius 3 is 2.50 bits per heavy atom. The van der Waals surface area contributed by atoms with Gasteiger partial charge in [-0.2, -0.15) is 0 Å². The number of hydrogen-bond donors (Lipinski definition) is 0. The molecule has 1 fully saturated rings. The van der Waals surface area contributed by atoms with Gasteiger partial charge in [0.15, 0.2) is 0 Å². The highest BCUT2D eigenvalue weighted by Gasteiger charge is 2.27. The maximum absolute atomic E-state index is 11.2. The summed E-state index contributed by atoms with van der Waals surface area (Å²) in [7, 11) is 0. The van der Waals surface area contributed by atoms with Crippen LogP contribution in [-0.2, 0) is 9.47 Å². The number of unbranched alkanes of at least 4 members (excludes halogenated alkanes) is 6. The molecule has 0 spiro atoms. The first kappa shape index (κ1) is 15.1. The molecule has 0 N–H and O–H groups in total. The predicted octanol–water partition coefficient (Wildman–Crippen LogP) is 4.61. The molecule has 0 aromatic heterocycles. The molecule has 18 heavy (non-hydrogen) atoms. The van der Waals surface area contributed by atoms with Gasteiger partial charge in [0.1, 0.15) is 12.2 Å². The average molecular weight is 254 g/mol. The molecular weight excluding hydrogens is 228 g/mol. The molecule has 0 unspecified atom stereocenters. The van der Waals surface area contributed by atoms with Gasteiger partial charge >= 0.3 is 6.16 Å². The third-order valence-corrected chi connectivity index (χ3v) is 3.40. The van der Waals surface area contributed by atoms with Gasteiger partial charge < -0.3 is 9.47 Å². The van der Waals surface area contributed by atoms with Gasteiger partial charge in [0.05, 0.1) is 0 Å². The molecule has 3 heteroatoms. The lowest BCUT2D eigenvalue weighted by Gasteiger charge is -2.27. The smallest absolute Gasteiger partial charge is 0.431 e. The maximum atomic E-state index is 11.2. The summed E-state index contributed by atoms with van der Waals surface area (Å²) in [6.45, 7) is 5.89. The van der Waals surface area contributed by atoms with Gasteiger partial charge in [-0.1, -0.05) is 58.1 Å². The molecule has 0 saturated carbocycles. The van der Waals surface area contributed by atoms with Crippen molar-refractivity contribution in [3.8, 4) is 0 Å². The van der Waals surface area contributed by atoms with Gasteiger partial charge in [-0.05, 0) is 12.8 Å². The number of rotatable bonds is 9. The normalized spacial score (nSPS) is 23.3. The highest BCUT2D eigenvalue weighted by molar-refractivity contribution is 5.61. The first-order chi connectivity index (χ1) is 8.76. The Morgan fingerprint density at radius 2 is 1.83 bits per heavy atom. The summed E-state index contributed by atoms with van der Waals surface area (Å²) in [5, 5.41) is 0. The van der Waals surface area contributed by atoms with Gasteiger partial charge in [-0.15, -0.1) is 0 Å². The number of carbonyl (C=O) groups excluding carboxylic acids is 1. The Balaban J connectivity index is 2.04. The zero-order valence-electron chi connectivity index (χ0n) is 11.5. The van der Waals surface area contributed by atoms with Gasteiger partial charge in [0.2, 0.25) is 0 Å². The van der Waals surface area contributed by atoms with Crippen LogP contribution in [-0.4, -0.2) is 18.4 Å². The summed E-state index contributed by atoms with van der Waals surface area (Å²) >= 11 is 0. The lowest BCUT2D eigenvalue weighted by Crippen LogP contribution is -2.33. The summed E-state index contributed by atoms with van der Waals surface area (Å²) in [6, 6.07) is 0. The van der Waals surface area contributed by atoms with Crippen LogP contribution in [0.2, 0.25) is 0 Å². The summed E-state index contributed by atoms with van der Waals surface area (Å²) in [6.07, 6.45) is 11.7. The van der Waals surface area contributed by atoms with Gasteiger partial charge in [0.25, 0.3) is 0 Å². The second-order valence-corrected chi connectivity index (χ2v) is 5.03. The monoisotopic (exact) mass is 254 g/mol. The number of ether oxygens (including phenoxy) is 2. The minimum absolute atomic E-state index is 0.0184. The van der Waals surface area contributed by atoms with Crippen molar-refractivity contribution < 1.29 is 14.3 Å². The number of carbonyl (C=O) groups is 1. The fourth-order valence-electron chi connectivity index (χ4n) is 2.29. The molecule has 0 aliphatic carbocycles.